The monoisotopic (exact) mass is 559 g/mol. The minimum Gasteiger partial charge on any atom is -0.453 e. The number of alkyl halides is 3. The van der Waals surface area contributed by atoms with Crippen molar-refractivity contribution in [1.82, 2.24) is 19.9 Å². The van der Waals surface area contributed by atoms with Crippen LogP contribution in [0.3, 0.4) is 0 Å². The lowest BCUT2D eigenvalue weighted by atomic mass is 10.0. The number of H-pyrrole nitrogens is 1. The number of fused-ring (bicyclic) bond motifs is 1. The predicted molar refractivity (Wildman–Crippen MR) is 140 cm³/mol. The zero-order valence-electron chi connectivity index (χ0n) is 22.3. The maximum absolute atomic E-state index is 14.0. The Morgan fingerprint density at radius 2 is 2.00 bits per heavy atom. The van der Waals surface area contributed by atoms with Crippen LogP contribution in [0.2, 0.25) is 0 Å². The summed E-state index contributed by atoms with van der Waals surface area (Å²) in [6.07, 6.45) is -2.71. The van der Waals surface area contributed by atoms with E-state index in [1.807, 2.05) is 6.07 Å². The number of benzene rings is 1. The van der Waals surface area contributed by atoms with Crippen LogP contribution < -0.4 is 10.6 Å². The number of hydrogen-bond acceptors (Lipinski definition) is 8. The Labute approximate surface area is 227 Å². The molecule has 1 aromatic carbocycles. The highest BCUT2D eigenvalue weighted by molar-refractivity contribution is 6.02. The van der Waals surface area contributed by atoms with E-state index >= 15 is 0 Å². The first-order valence-electron chi connectivity index (χ1n) is 12.4. The maximum Gasteiger partial charge on any atom is 0.419 e. The molecular formula is C26H28F3N7O4. The molecule has 3 aromatic rings. The number of likely N-dealkylation sites (tertiary alicyclic amines) is 1. The van der Waals surface area contributed by atoms with Gasteiger partial charge in [-0.15, -0.1) is 0 Å². The topological polar surface area (TPSA) is 145 Å². The number of halogens is 3. The summed E-state index contributed by atoms with van der Waals surface area (Å²) in [6, 6.07) is 4.52. The summed E-state index contributed by atoms with van der Waals surface area (Å²) in [4.78, 5) is 36.7. The number of hydrogen-bond donors (Lipinski definition) is 3. The summed E-state index contributed by atoms with van der Waals surface area (Å²) < 4.78 is 52.0. The minimum absolute atomic E-state index is 0.0135. The van der Waals surface area contributed by atoms with E-state index in [1.54, 1.807) is 25.7 Å². The van der Waals surface area contributed by atoms with Crippen molar-refractivity contribution in [2.24, 2.45) is 0 Å². The normalized spacial score (nSPS) is 15.8. The summed E-state index contributed by atoms with van der Waals surface area (Å²) in [6.45, 7) is 6.06. The van der Waals surface area contributed by atoms with Crippen molar-refractivity contribution in [3.63, 3.8) is 0 Å². The molecule has 0 bridgehead atoms. The molecule has 0 saturated carbocycles. The third-order valence-corrected chi connectivity index (χ3v) is 6.15. The average Bonchev–Trinajstić information content (AvgIpc) is 3.31. The van der Waals surface area contributed by atoms with Crippen molar-refractivity contribution in [1.29, 1.82) is 5.26 Å². The first kappa shape index (κ1) is 28.5. The lowest BCUT2D eigenvalue weighted by molar-refractivity contribution is -0.137. The van der Waals surface area contributed by atoms with Gasteiger partial charge in [0, 0.05) is 42.5 Å². The molecule has 1 aliphatic rings. The molecule has 14 heteroatoms. The standard InChI is InChI=1S/C26H28F3N7O4/c1-25(2,3)40-24(38)36-9-5-6-14(13-36)33-22-32-12-18(26(27,28)29)21(35-22)17-11-31-20-15(17)7-8-19(16(20)10-30)34-23(37)39-4/h7-8,11-12,14,31H,5-6,9,13H2,1-4H3,(H,34,37)(H,32,33,35). The molecule has 0 aliphatic carbocycles. The molecule has 0 spiro atoms. The number of piperidine rings is 1. The van der Waals surface area contributed by atoms with Gasteiger partial charge in [-0.1, -0.05) is 0 Å². The Bertz CT molecular complexity index is 1470. The van der Waals surface area contributed by atoms with E-state index in [2.05, 4.69) is 30.3 Å². The number of anilines is 2. The van der Waals surface area contributed by atoms with Crippen LogP contribution in [0, 0.1) is 11.3 Å². The molecule has 1 unspecified atom stereocenters. The summed E-state index contributed by atoms with van der Waals surface area (Å²) >= 11 is 0. The predicted octanol–water partition coefficient (Wildman–Crippen LogP) is 5.51. The van der Waals surface area contributed by atoms with Crippen LogP contribution >= 0.6 is 0 Å². The largest absolute Gasteiger partial charge is 0.453 e. The zero-order valence-corrected chi connectivity index (χ0v) is 22.3. The van der Waals surface area contributed by atoms with Gasteiger partial charge in [0.05, 0.1) is 29.6 Å². The first-order valence-corrected chi connectivity index (χ1v) is 12.4. The molecular weight excluding hydrogens is 531 g/mol. The van der Waals surface area contributed by atoms with Gasteiger partial charge >= 0.3 is 18.4 Å². The molecule has 1 atom stereocenters. The van der Waals surface area contributed by atoms with Crippen LogP contribution in [0.4, 0.5) is 34.4 Å². The molecule has 0 radical (unpaired) electrons. The number of nitriles is 1. The lowest BCUT2D eigenvalue weighted by Gasteiger charge is -2.34. The van der Waals surface area contributed by atoms with Gasteiger partial charge in [0.2, 0.25) is 5.95 Å². The highest BCUT2D eigenvalue weighted by Gasteiger charge is 2.37. The van der Waals surface area contributed by atoms with Crippen LogP contribution in [0.25, 0.3) is 22.2 Å². The van der Waals surface area contributed by atoms with Crippen molar-refractivity contribution in [3.05, 3.63) is 35.7 Å². The fourth-order valence-electron chi connectivity index (χ4n) is 4.41. The van der Waals surface area contributed by atoms with Gasteiger partial charge in [-0.25, -0.2) is 19.6 Å². The Hall–Kier alpha value is -4.54. The molecule has 11 nitrogen and oxygen atoms in total. The molecule has 1 aliphatic heterocycles. The number of aromatic nitrogens is 3. The van der Waals surface area contributed by atoms with E-state index in [1.165, 1.54) is 18.3 Å². The number of ether oxygens (including phenoxy) is 2. The number of amides is 2. The number of methoxy groups -OCH3 is 1. The fourth-order valence-corrected chi connectivity index (χ4v) is 4.41. The van der Waals surface area contributed by atoms with Crippen LogP contribution in [0.5, 0.6) is 0 Å². The number of rotatable bonds is 4. The van der Waals surface area contributed by atoms with E-state index in [-0.39, 0.29) is 46.3 Å². The van der Waals surface area contributed by atoms with Gasteiger partial charge < -0.3 is 24.7 Å². The number of aromatic amines is 1. The van der Waals surface area contributed by atoms with Crippen molar-refractivity contribution in [2.45, 2.75) is 51.4 Å². The van der Waals surface area contributed by atoms with Crippen molar-refractivity contribution in [3.8, 4) is 17.3 Å². The first-order chi connectivity index (χ1) is 18.8. The van der Waals surface area contributed by atoms with E-state index in [0.717, 1.165) is 7.11 Å². The minimum atomic E-state index is -4.76. The number of nitrogens with one attached hydrogen (secondary N) is 3. The van der Waals surface area contributed by atoms with Crippen LogP contribution in [0.1, 0.15) is 44.7 Å². The third-order valence-electron chi connectivity index (χ3n) is 6.15. The molecule has 1 fully saturated rings. The van der Waals surface area contributed by atoms with Gasteiger partial charge in [0.1, 0.15) is 17.2 Å². The smallest absolute Gasteiger partial charge is 0.419 e. The quantitative estimate of drug-likeness (QED) is 0.380. The maximum atomic E-state index is 14.0. The van der Waals surface area contributed by atoms with Crippen LogP contribution in [0.15, 0.2) is 24.5 Å². The van der Waals surface area contributed by atoms with Gasteiger partial charge in [-0.3, -0.25) is 5.32 Å². The Balaban J connectivity index is 1.68. The second-order valence-electron chi connectivity index (χ2n) is 10.2. The number of carbonyl (C=O) groups excluding carboxylic acids is 2. The number of nitrogens with zero attached hydrogens (tertiary/aromatic N) is 4. The molecule has 4 rings (SSSR count). The van der Waals surface area contributed by atoms with Gasteiger partial charge in [0.25, 0.3) is 0 Å². The summed E-state index contributed by atoms with van der Waals surface area (Å²) in [5.41, 5.74) is -1.67. The molecule has 3 N–H and O–H groups in total. The molecule has 3 heterocycles. The second-order valence-corrected chi connectivity index (χ2v) is 10.2. The zero-order chi connectivity index (χ0) is 29.2. The Morgan fingerprint density at radius 1 is 1.25 bits per heavy atom. The summed E-state index contributed by atoms with van der Waals surface area (Å²) in [5.74, 6) is -0.0436. The van der Waals surface area contributed by atoms with E-state index in [4.69, 9.17) is 4.74 Å². The molecule has 2 aromatic heterocycles. The summed E-state index contributed by atoms with van der Waals surface area (Å²) in [5, 5.41) is 15.5. The fraction of sp³-hybridized carbons (Fsp3) is 0.423. The third kappa shape index (κ3) is 6.19. The van der Waals surface area contributed by atoms with Crippen molar-refractivity contribution >= 4 is 34.7 Å². The lowest BCUT2D eigenvalue weighted by Crippen LogP contribution is -2.47. The van der Waals surface area contributed by atoms with Gasteiger partial charge in [-0.05, 0) is 45.7 Å². The Kier molecular flexibility index (Phi) is 7.77. The van der Waals surface area contributed by atoms with E-state index < -0.39 is 35.2 Å². The second kappa shape index (κ2) is 10.9. The highest BCUT2D eigenvalue weighted by Crippen LogP contribution is 2.40. The van der Waals surface area contributed by atoms with Crippen LogP contribution in [-0.2, 0) is 15.7 Å². The van der Waals surface area contributed by atoms with E-state index in [9.17, 15) is 28.0 Å². The average molecular weight is 560 g/mol. The van der Waals surface area contributed by atoms with Crippen molar-refractivity contribution < 1.29 is 32.2 Å². The van der Waals surface area contributed by atoms with Gasteiger partial charge in [0.15, 0.2) is 0 Å². The molecule has 1 saturated heterocycles. The van der Waals surface area contributed by atoms with E-state index in [0.29, 0.717) is 25.6 Å². The molecule has 2 amide bonds. The van der Waals surface area contributed by atoms with Crippen LogP contribution in [-0.4, -0.2) is 63.9 Å². The SMILES string of the molecule is COC(=O)Nc1ccc2c(-c3nc(NC4CCCN(C(=O)OC(C)(C)C)C4)ncc3C(F)(F)F)c[nH]c2c1C#N. The highest BCUT2D eigenvalue weighted by atomic mass is 19.4. The number of carbonyl (C=O) groups is 2. The molecule has 212 valence electrons. The Morgan fingerprint density at radius 3 is 2.65 bits per heavy atom. The van der Waals surface area contributed by atoms with Gasteiger partial charge in [-0.2, -0.15) is 18.4 Å². The van der Waals surface area contributed by atoms with Crippen molar-refractivity contribution in [2.75, 3.05) is 30.8 Å². The molecule has 40 heavy (non-hydrogen) atoms. The summed E-state index contributed by atoms with van der Waals surface area (Å²) in [7, 11) is 1.16.